The molecule has 56 valence electrons. The molecule has 0 aromatic heterocycles. The second kappa shape index (κ2) is 3.76. The first-order valence-electron chi connectivity index (χ1n) is 3.25. The van der Waals surface area contributed by atoms with Gasteiger partial charge in [-0.3, -0.25) is 0 Å². The Morgan fingerprint density at radius 3 is 1.89 bits per heavy atom. The van der Waals surface area contributed by atoms with E-state index >= 15 is 0 Å². The number of hydrogen-bond donors (Lipinski definition) is 0. The third kappa shape index (κ3) is 8.69. The van der Waals surface area contributed by atoms with Crippen molar-refractivity contribution in [3.8, 4) is 0 Å². The zero-order valence-electron chi connectivity index (χ0n) is 6.74. The van der Waals surface area contributed by atoms with Crippen molar-refractivity contribution in [2.45, 2.75) is 23.7 Å². The Hall–Kier alpha value is 0.690. The molecule has 0 N–H and O–H groups in total. The van der Waals surface area contributed by atoms with Crippen molar-refractivity contribution < 1.29 is 0 Å². The minimum Gasteiger partial charge on any atom is -0.309 e. The summed E-state index contributed by atoms with van der Waals surface area (Å²) in [6.45, 7) is 5.71. The standard InChI is InChI=1S/C7H16IN/c1-7(2,8)5-6-9(3)4/h5-6H2,1-4H3. The highest BCUT2D eigenvalue weighted by atomic mass is 127. The molecule has 0 bridgehead atoms. The van der Waals surface area contributed by atoms with Crippen molar-refractivity contribution in [3.63, 3.8) is 0 Å². The highest BCUT2D eigenvalue weighted by Gasteiger charge is 2.11. The predicted octanol–water partition coefficient (Wildman–Crippen LogP) is 2.15. The molecule has 0 amide bonds. The van der Waals surface area contributed by atoms with Crippen molar-refractivity contribution in [1.82, 2.24) is 4.90 Å². The normalized spacial score (nSPS) is 12.7. The fourth-order valence-electron chi connectivity index (χ4n) is 0.489. The van der Waals surface area contributed by atoms with E-state index in [1.165, 1.54) is 13.0 Å². The van der Waals surface area contributed by atoms with Gasteiger partial charge >= 0.3 is 0 Å². The van der Waals surface area contributed by atoms with Crippen LogP contribution in [-0.4, -0.2) is 29.0 Å². The molecule has 0 spiro atoms. The van der Waals surface area contributed by atoms with Crippen LogP contribution < -0.4 is 0 Å². The zero-order chi connectivity index (χ0) is 7.49. The van der Waals surface area contributed by atoms with Gasteiger partial charge in [-0.2, -0.15) is 0 Å². The quantitative estimate of drug-likeness (QED) is 0.540. The third-order valence-corrected chi connectivity index (χ3v) is 1.69. The van der Waals surface area contributed by atoms with E-state index in [2.05, 4.69) is 55.4 Å². The lowest BCUT2D eigenvalue weighted by molar-refractivity contribution is 0.385. The van der Waals surface area contributed by atoms with Crippen molar-refractivity contribution in [3.05, 3.63) is 0 Å². The van der Waals surface area contributed by atoms with E-state index in [1.807, 2.05) is 0 Å². The fraction of sp³-hybridized carbons (Fsp3) is 1.00. The molecule has 0 aliphatic rings. The molecule has 0 radical (unpaired) electrons. The minimum absolute atomic E-state index is 0.460. The number of nitrogens with zero attached hydrogens (tertiary/aromatic N) is 1. The number of halogens is 1. The monoisotopic (exact) mass is 241 g/mol. The molecule has 0 saturated heterocycles. The molecule has 0 unspecified atom stereocenters. The van der Waals surface area contributed by atoms with E-state index in [-0.39, 0.29) is 0 Å². The Balaban J connectivity index is 3.28. The van der Waals surface area contributed by atoms with E-state index < -0.39 is 0 Å². The molecule has 0 rings (SSSR count). The summed E-state index contributed by atoms with van der Waals surface area (Å²) < 4.78 is 0.460. The van der Waals surface area contributed by atoms with Crippen LogP contribution in [0.25, 0.3) is 0 Å². The van der Waals surface area contributed by atoms with Crippen LogP contribution in [0.15, 0.2) is 0 Å². The Labute approximate surface area is 72.0 Å². The van der Waals surface area contributed by atoms with E-state index in [9.17, 15) is 0 Å². The highest BCUT2D eigenvalue weighted by molar-refractivity contribution is 14.1. The average molecular weight is 241 g/mol. The molecule has 0 atom stereocenters. The van der Waals surface area contributed by atoms with E-state index in [0.717, 1.165) is 0 Å². The van der Waals surface area contributed by atoms with Crippen LogP contribution in [0.4, 0.5) is 0 Å². The van der Waals surface area contributed by atoms with Crippen molar-refractivity contribution >= 4 is 22.6 Å². The van der Waals surface area contributed by atoms with Crippen LogP contribution in [0.5, 0.6) is 0 Å². The largest absolute Gasteiger partial charge is 0.309 e. The summed E-state index contributed by atoms with van der Waals surface area (Å²) in [6.07, 6.45) is 1.26. The van der Waals surface area contributed by atoms with Gasteiger partial charge < -0.3 is 4.90 Å². The van der Waals surface area contributed by atoms with Crippen LogP contribution in [0.2, 0.25) is 0 Å². The second-order valence-electron chi connectivity index (χ2n) is 3.27. The Kier molecular flexibility index (Phi) is 4.05. The maximum Gasteiger partial charge on any atom is 0.0178 e. The maximum atomic E-state index is 2.48. The van der Waals surface area contributed by atoms with Gasteiger partial charge in [-0.25, -0.2) is 0 Å². The third-order valence-electron chi connectivity index (χ3n) is 1.15. The average Bonchev–Trinajstić information content (AvgIpc) is 1.59. The predicted molar refractivity (Wildman–Crippen MR) is 51.3 cm³/mol. The van der Waals surface area contributed by atoms with Crippen molar-refractivity contribution in [2.75, 3.05) is 20.6 Å². The van der Waals surface area contributed by atoms with Gasteiger partial charge in [0.2, 0.25) is 0 Å². The summed E-state index contributed by atoms with van der Waals surface area (Å²) >= 11 is 2.48. The minimum atomic E-state index is 0.460. The van der Waals surface area contributed by atoms with Gasteiger partial charge in [0.05, 0.1) is 0 Å². The number of hydrogen-bond acceptors (Lipinski definition) is 1. The topological polar surface area (TPSA) is 3.24 Å². The van der Waals surface area contributed by atoms with Gasteiger partial charge in [0, 0.05) is 3.42 Å². The summed E-state index contributed by atoms with van der Waals surface area (Å²) in [5.41, 5.74) is 0. The number of rotatable bonds is 3. The van der Waals surface area contributed by atoms with E-state index in [0.29, 0.717) is 3.42 Å². The van der Waals surface area contributed by atoms with Crippen molar-refractivity contribution in [1.29, 1.82) is 0 Å². The van der Waals surface area contributed by atoms with Gasteiger partial charge in [-0.15, -0.1) is 0 Å². The summed E-state index contributed by atoms with van der Waals surface area (Å²) in [4.78, 5) is 2.22. The molecule has 9 heavy (non-hydrogen) atoms. The molecule has 0 aliphatic carbocycles. The Bertz CT molecular complexity index is 73.5. The molecular weight excluding hydrogens is 225 g/mol. The highest BCUT2D eigenvalue weighted by Crippen LogP contribution is 2.20. The van der Waals surface area contributed by atoms with Gasteiger partial charge in [-0.1, -0.05) is 36.4 Å². The van der Waals surface area contributed by atoms with E-state index in [4.69, 9.17) is 0 Å². The summed E-state index contributed by atoms with van der Waals surface area (Å²) in [6, 6.07) is 0. The zero-order valence-corrected chi connectivity index (χ0v) is 8.90. The van der Waals surface area contributed by atoms with Crippen LogP contribution in [0, 0.1) is 0 Å². The van der Waals surface area contributed by atoms with Crippen LogP contribution in [-0.2, 0) is 0 Å². The molecule has 0 heterocycles. The molecule has 0 saturated carbocycles. The molecule has 1 nitrogen and oxygen atoms in total. The molecule has 0 aromatic carbocycles. The van der Waals surface area contributed by atoms with Gasteiger partial charge in [-0.05, 0) is 27.1 Å². The van der Waals surface area contributed by atoms with E-state index in [1.54, 1.807) is 0 Å². The summed E-state index contributed by atoms with van der Waals surface area (Å²) in [5, 5.41) is 0. The second-order valence-corrected chi connectivity index (χ2v) is 6.19. The lowest BCUT2D eigenvalue weighted by Gasteiger charge is -2.18. The summed E-state index contributed by atoms with van der Waals surface area (Å²) in [5.74, 6) is 0. The van der Waals surface area contributed by atoms with Gasteiger partial charge in [0.25, 0.3) is 0 Å². The molecule has 0 fully saturated rings. The lowest BCUT2D eigenvalue weighted by Crippen LogP contribution is -2.20. The van der Waals surface area contributed by atoms with Gasteiger partial charge in [0.15, 0.2) is 0 Å². The molecule has 0 aromatic rings. The fourth-order valence-corrected chi connectivity index (χ4v) is 0.731. The van der Waals surface area contributed by atoms with Gasteiger partial charge in [0.1, 0.15) is 0 Å². The molecular formula is C7H16IN. The first kappa shape index (κ1) is 9.69. The Morgan fingerprint density at radius 1 is 1.33 bits per heavy atom. The number of alkyl halides is 1. The van der Waals surface area contributed by atoms with Crippen molar-refractivity contribution in [2.24, 2.45) is 0 Å². The molecule has 2 heteroatoms. The SMILES string of the molecule is CN(C)CCC(C)(C)I. The van der Waals surface area contributed by atoms with Crippen LogP contribution in [0.1, 0.15) is 20.3 Å². The lowest BCUT2D eigenvalue weighted by atomic mass is 10.1. The Morgan fingerprint density at radius 2 is 1.78 bits per heavy atom. The smallest absolute Gasteiger partial charge is 0.0178 e. The summed E-state index contributed by atoms with van der Waals surface area (Å²) in [7, 11) is 4.23. The first-order chi connectivity index (χ1) is 3.92. The van der Waals surface area contributed by atoms with Crippen LogP contribution in [0.3, 0.4) is 0 Å². The van der Waals surface area contributed by atoms with Crippen LogP contribution >= 0.6 is 22.6 Å². The first-order valence-corrected chi connectivity index (χ1v) is 4.33. The maximum absolute atomic E-state index is 2.48. The molecule has 0 aliphatic heterocycles.